The van der Waals surface area contributed by atoms with Crippen LogP contribution in [0, 0.1) is 0 Å². The fourth-order valence-electron chi connectivity index (χ4n) is 3.10. The molecule has 4 rings (SSSR count). The van der Waals surface area contributed by atoms with Gasteiger partial charge in [0.2, 0.25) is 5.91 Å². The first-order valence-electron chi connectivity index (χ1n) is 10.4. The number of thioether (sulfide) groups is 1. The summed E-state index contributed by atoms with van der Waals surface area (Å²) in [6.07, 6.45) is 0. The molecule has 0 radical (unpaired) electrons. The first-order valence-corrected chi connectivity index (χ1v) is 13.7. The predicted molar refractivity (Wildman–Crippen MR) is 152 cm³/mol. The van der Waals surface area contributed by atoms with Crippen molar-refractivity contribution in [1.82, 2.24) is 4.98 Å². The van der Waals surface area contributed by atoms with Crippen molar-refractivity contribution in [2.24, 2.45) is 0 Å². The molecule has 1 unspecified atom stereocenters. The van der Waals surface area contributed by atoms with Crippen LogP contribution >= 0.6 is 69.5 Å². The topological polar surface area (TPSA) is 71.1 Å². The normalized spacial score (nSPS) is 11.7. The smallest absolute Gasteiger partial charge is 0.257 e. The van der Waals surface area contributed by atoms with E-state index in [9.17, 15) is 9.59 Å². The number of nitrogens with zero attached hydrogens (tertiary/aromatic N) is 1. The van der Waals surface area contributed by atoms with Gasteiger partial charge in [0.15, 0.2) is 5.13 Å². The second-order valence-corrected chi connectivity index (χ2v) is 11.5. The van der Waals surface area contributed by atoms with Crippen molar-refractivity contribution in [3.05, 3.63) is 91.7 Å². The molecule has 0 saturated heterocycles. The molecule has 0 spiro atoms. The van der Waals surface area contributed by atoms with Crippen LogP contribution in [0.15, 0.2) is 70.9 Å². The minimum absolute atomic E-state index is 0.197. The van der Waals surface area contributed by atoms with E-state index in [1.54, 1.807) is 49.4 Å². The lowest BCUT2D eigenvalue weighted by atomic mass is 10.2. The number of anilines is 2. The van der Waals surface area contributed by atoms with E-state index in [-0.39, 0.29) is 16.8 Å². The molecule has 0 bridgehead atoms. The Bertz CT molecular complexity index is 1440. The van der Waals surface area contributed by atoms with E-state index in [4.69, 9.17) is 46.4 Å². The molecule has 2 amide bonds. The zero-order chi connectivity index (χ0) is 25.8. The molecule has 0 aliphatic carbocycles. The summed E-state index contributed by atoms with van der Waals surface area (Å²) in [7, 11) is 0. The molecule has 11 heteroatoms. The van der Waals surface area contributed by atoms with Gasteiger partial charge in [-0.15, -0.1) is 23.1 Å². The lowest BCUT2D eigenvalue weighted by molar-refractivity contribution is -0.115. The number of rotatable bonds is 7. The van der Waals surface area contributed by atoms with Gasteiger partial charge in [0.25, 0.3) is 5.91 Å². The molecule has 4 aromatic rings. The van der Waals surface area contributed by atoms with E-state index in [1.807, 2.05) is 17.5 Å². The van der Waals surface area contributed by atoms with E-state index < -0.39 is 5.25 Å². The molecular formula is C25H17Cl4N3O2S2. The van der Waals surface area contributed by atoms with Crippen LogP contribution in [0.25, 0.3) is 11.3 Å². The molecule has 1 aromatic heterocycles. The maximum absolute atomic E-state index is 12.8. The molecule has 0 aliphatic rings. The Hall–Kier alpha value is -2.26. The number of halogens is 4. The lowest BCUT2D eigenvalue weighted by Gasteiger charge is -2.12. The van der Waals surface area contributed by atoms with Gasteiger partial charge in [-0.1, -0.05) is 58.5 Å². The number of hydrogen-bond donors (Lipinski definition) is 2. The second-order valence-electron chi connectivity index (χ2n) is 7.52. The summed E-state index contributed by atoms with van der Waals surface area (Å²) in [5.74, 6) is -0.552. The number of aromatic nitrogens is 1. The third-order valence-electron chi connectivity index (χ3n) is 4.90. The molecule has 0 fully saturated rings. The number of amides is 2. The van der Waals surface area contributed by atoms with Gasteiger partial charge in [0, 0.05) is 26.5 Å². The molecular weight excluding hydrogens is 580 g/mol. The maximum Gasteiger partial charge on any atom is 0.257 e. The van der Waals surface area contributed by atoms with Crippen molar-refractivity contribution in [2.45, 2.75) is 17.1 Å². The summed E-state index contributed by atoms with van der Waals surface area (Å²) in [6.45, 7) is 1.80. The Morgan fingerprint density at radius 1 is 0.917 bits per heavy atom. The van der Waals surface area contributed by atoms with Crippen molar-refractivity contribution >= 4 is 92.1 Å². The van der Waals surface area contributed by atoms with Gasteiger partial charge in [0.1, 0.15) is 0 Å². The van der Waals surface area contributed by atoms with Gasteiger partial charge in [-0.25, -0.2) is 4.98 Å². The molecule has 0 aliphatic heterocycles. The number of benzene rings is 3. The number of thiazole rings is 1. The highest BCUT2D eigenvalue weighted by Gasteiger charge is 2.18. The monoisotopic (exact) mass is 595 g/mol. The molecule has 184 valence electrons. The fourth-order valence-corrected chi connectivity index (χ4v) is 5.54. The third-order valence-corrected chi connectivity index (χ3v) is 8.04. The van der Waals surface area contributed by atoms with Gasteiger partial charge in [-0.2, -0.15) is 0 Å². The van der Waals surface area contributed by atoms with Crippen molar-refractivity contribution in [2.75, 3.05) is 10.6 Å². The molecule has 0 saturated carbocycles. The first-order chi connectivity index (χ1) is 17.2. The van der Waals surface area contributed by atoms with Crippen LogP contribution in [0.5, 0.6) is 0 Å². The number of nitrogens with one attached hydrogen (secondary N) is 2. The highest BCUT2D eigenvalue weighted by molar-refractivity contribution is 8.00. The predicted octanol–water partition coefficient (Wildman–Crippen LogP) is 8.80. The average Bonchev–Trinajstić information content (AvgIpc) is 3.29. The van der Waals surface area contributed by atoms with Crippen molar-refractivity contribution < 1.29 is 9.59 Å². The maximum atomic E-state index is 12.8. The van der Waals surface area contributed by atoms with Gasteiger partial charge >= 0.3 is 0 Å². The van der Waals surface area contributed by atoms with Gasteiger partial charge in [-0.05, 0) is 55.5 Å². The summed E-state index contributed by atoms with van der Waals surface area (Å²) < 4.78 is 0. The Labute approximate surface area is 236 Å². The molecule has 36 heavy (non-hydrogen) atoms. The van der Waals surface area contributed by atoms with Gasteiger partial charge < -0.3 is 10.6 Å². The summed E-state index contributed by atoms with van der Waals surface area (Å²) in [4.78, 5) is 30.7. The second kappa shape index (κ2) is 11.9. The third kappa shape index (κ3) is 6.73. The van der Waals surface area contributed by atoms with E-state index in [1.165, 1.54) is 29.2 Å². The minimum atomic E-state index is -0.418. The zero-order valence-corrected chi connectivity index (χ0v) is 23.2. The number of hydrogen-bond acceptors (Lipinski definition) is 5. The Kier molecular flexibility index (Phi) is 8.83. The average molecular weight is 597 g/mol. The van der Waals surface area contributed by atoms with Crippen LogP contribution in [0.2, 0.25) is 20.1 Å². The van der Waals surface area contributed by atoms with Gasteiger partial charge in [-0.3, -0.25) is 9.59 Å². The molecule has 1 heterocycles. The highest BCUT2D eigenvalue weighted by Crippen LogP contribution is 2.32. The molecule has 1 atom stereocenters. The zero-order valence-electron chi connectivity index (χ0n) is 18.5. The fraction of sp³-hybridized carbons (Fsp3) is 0.0800. The largest absolute Gasteiger partial charge is 0.322 e. The lowest BCUT2D eigenvalue weighted by Crippen LogP contribution is -2.22. The van der Waals surface area contributed by atoms with Crippen LogP contribution in [0.1, 0.15) is 17.3 Å². The van der Waals surface area contributed by atoms with Crippen molar-refractivity contribution in [1.29, 1.82) is 0 Å². The minimum Gasteiger partial charge on any atom is -0.322 e. The summed E-state index contributed by atoms with van der Waals surface area (Å²) >= 11 is 26.8. The Balaban J connectivity index is 1.37. The van der Waals surface area contributed by atoms with Crippen LogP contribution in [0.3, 0.4) is 0 Å². The number of carbonyl (C=O) groups excluding carboxylic acids is 2. The summed E-state index contributed by atoms with van der Waals surface area (Å²) in [6, 6.07) is 17.2. The van der Waals surface area contributed by atoms with E-state index in [0.29, 0.717) is 37.1 Å². The molecule has 2 N–H and O–H groups in total. The molecule has 3 aromatic carbocycles. The Morgan fingerprint density at radius 2 is 1.72 bits per heavy atom. The van der Waals surface area contributed by atoms with Crippen LogP contribution in [0.4, 0.5) is 10.8 Å². The van der Waals surface area contributed by atoms with Crippen LogP contribution < -0.4 is 10.6 Å². The van der Waals surface area contributed by atoms with Gasteiger partial charge in [0.05, 0.1) is 31.6 Å². The quantitative estimate of drug-likeness (QED) is 0.209. The molecule has 5 nitrogen and oxygen atoms in total. The first kappa shape index (κ1) is 26.8. The van der Waals surface area contributed by atoms with Crippen molar-refractivity contribution in [3.63, 3.8) is 0 Å². The Morgan fingerprint density at radius 3 is 2.47 bits per heavy atom. The highest BCUT2D eigenvalue weighted by atomic mass is 35.5. The number of carbonyl (C=O) groups is 2. The van der Waals surface area contributed by atoms with Crippen molar-refractivity contribution in [3.8, 4) is 11.3 Å². The van der Waals surface area contributed by atoms with E-state index in [0.717, 1.165) is 10.5 Å². The SMILES string of the molecule is CC(Sc1cccc(NC(=O)c2ccc(Cl)cc2Cl)c1)C(=O)Nc1nc(-c2ccc(Cl)c(Cl)c2)cs1. The van der Waals surface area contributed by atoms with E-state index >= 15 is 0 Å². The summed E-state index contributed by atoms with van der Waals surface area (Å²) in [5.41, 5.74) is 2.39. The van der Waals surface area contributed by atoms with Crippen LogP contribution in [-0.2, 0) is 4.79 Å². The van der Waals surface area contributed by atoms with Crippen LogP contribution in [-0.4, -0.2) is 22.0 Å². The van der Waals surface area contributed by atoms with E-state index in [2.05, 4.69) is 15.6 Å². The summed E-state index contributed by atoms with van der Waals surface area (Å²) in [5, 5.41) is 9.19. The standard InChI is InChI=1S/C25H17Cl4N3O2S2/c1-13(23(33)32-25-31-22(12-35-25)14-5-8-19(27)21(29)9-14)36-17-4-2-3-16(11-17)30-24(34)18-7-6-15(26)10-20(18)28/h2-13H,1H3,(H,30,34)(H,31,32,33).